The average Bonchev–Trinajstić information content (AvgIpc) is 3.33. The molecule has 0 N–H and O–H groups in total. The minimum Gasteiger partial charge on any atom is -0.445 e. The monoisotopic (exact) mass is 468 g/mol. The highest BCUT2D eigenvalue weighted by molar-refractivity contribution is 5.99. The molecule has 7 nitrogen and oxygen atoms in total. The summed E-state index contributed by atoms with van der Waals surface area (Å²) in [7, 11) is 0. The summed E-state index contributed by atoms with van der Waals surface area (Å²) in [6, 6.07) is 24.9. The van der Waals surface area contributed by atoms with Gasteiger partial charge >= 0.3 is 6.09 Å². The van der Waals surface area contributed by atoms with Crippen molar-refractivity contribution in [3.8, 4) is 0 Å². The molecule has 0 saturated carbocycles. The van der Waals surface area contributed by atoms with E-state index in [9.17, 15) is 9.59 Å². The molecule has 2 aromatic heterocycles. The molecule has 2 amide bonds. The highest BCUT2D eigenvalue weighted by atomic mass is 16.6. The summed E-state index contributed by atoms with van der Waals surface area (Å²) >= 11 is 0. The van der Waals surface area contributed by atoms with E-state index in [4.69, 9.17) is 4.74 Å². The Morgan fingerprint density at radius 2 is 1.63 bits per heavy atom. The van der Waals surface area contributed by atoms with Crippen LogP contribution in [0.1, 0.15) is 24.0 Å². The van der Waals surface area contributed by atoms with Gasteiger partial charge in [0.2, 0.25) is 0 Å². The second-order valence-electron chi connectivity index (χ2n) is 8.68. The van der Waals surface area contributed by atoms with Gasteiger partial charge in [-0.25, -0.2) is 9.78 Å². The lowest BCUT2D eigenvalue weighted by Gasteiger charge is -2.39. The predicted molar refractivity (Wildman–Crippen MR) is 134 cm³/mol. The molecule has 3 heterocycles. The zero-order valence-electron chi connectivity index (χ0n) is 19.5. The number of hydrogen-bond acceptors (Lipinski definition) is 4. The van der Waals surface area contributed by atoms with Crippen molar-refractivity contribution in [3.05, 3.63) is 102 Å². The van der Waals surface area contributed by atoms with Gasteiger partial charge in [0.15, 0.2) is 5.82 Å². The first kappa shape index (κ1) is 22.7. The number of pyridine rings is 1. The fraction of sp³-hybridized carbons (Fsp3) is 0.250. The number of carbonyl (C=O) groups excluding carboxylic acids is 2. The Bertz CT molecular complexity index is 1260. The molecule has 0 radical (unpaired) electrons. The molecule has 35 heavy (non-hydrogen) atoms. The number of aromatic nitrogens is 2. The van der Waals surface area contributed by atoms with Crippen LogP contribution in [-0.4, -0.2) is 45.4 Å². The highest BCUT2D eigenvalue weighted by Crippen LogP contribution is 2.24. The van der Waals surface area contributed by atoms with E-state index in [2.05, 4.69) is 17.1 Å². The van der Waals surface area contributed by atoms with Crippen LogP contribution in [0.4, 0.5) is 10.6 Å². The van der Waals surface area contributed by atoms with Gasteiger partial charge < -0.3 is 9.14 Å². The van der Waals surface area contributed by atoms with Gasteiger partial charge in [-0.05, 0) is 42.5 Å². The van der Waals surface area contributed by atoms with Crippen molar-refractivity contribution in [2.45, 2.75) is 31.9 Å². The Balaban J connectivity index is 1.32. The molecule has 1 unspecified atom stereocenters. The van der Waals surface area contributed by atoms with Gasteiger partial charge in [0.1, 0.15) is 18.3 Å². The summed E-state index contributed by atoms with van der Waals surface area (Å²) in [5, 5.41) is 0. The van der Waals surface area contributed by atoms with E-state index >= 15 is 0 Å². The molecular weight excluding hydrogens is 440 g/mol. The summed E-state index contributed by atoms with van der Waals surface area (Å²) in [6.45, 7) is 0.943. The third kappa shape index (κ3) is 5.19. The molecule has 1 fully saturated rings. The maximum absolute atomic E-state index is 13.7. The Labute approximate surface area is 204 Å². The average molecular weight is 469 g/mol. The summed E-state index contributed by atoms with van der Waals surface area (Å²) in [5.41, 5.74) is 2.91. The number of aryl methyl sites for hydroxylation is 1. The third-order valence-corrected chi connectivity index (χ3v) is 6.35. The fourth-order valence-electron chi connectivity index (χ4n) is 4.51. The van der Waals surface area contributed by atoms with Crippen molar-refractivity contribution in [1.29, 1.82) is 0 Å². The van der Waals surface area contributed by atoms with Crippen molar-refractivity contribution in [2.24, 2.45) is 0 Å². The second kappa shape index (κ2) is 10.4. The molecule has 7 heteroatoms. The van der Waals surface area contributed by atoms with Gasteiger partial charge in [-0.15, -0.1) is 0 Å². The molecule has 4 aromatic rings. The van der Waals surface area contributed by atoms with E-state index in [0.29, 0.717) is 25.3 Å². The van der Waals surface area contributed by atoms with E-state index in [1.54, 1.807) is 9.80 Å². The number of amides is 2. The lowest BCUT2D eigenvalue weighted by Crippen LogP contribution is -2.59. The van der Waals surface area contributed by atoms with E-state index in [1.165, 1.54) is 5.56 Å². The fourth-order valence-corrected chi connectivity index (χ4v) is 4.51. The van der Waals surface area contributed by atoms with Crippen LogP contribution in [0, 0.1) is 0 Å². The standard InChI is InChI=1S/C28H28N4O3/c33-27-24(15-9-14-22-10-3-1-4-11-22)31(28(34)35-21-23-12-5-2-6-13-23)18-19-32(27)26-20-30-17-8-7-16-25(30)29-26/h1-8,10-13,16-17,20,24H,9,14-15,18-19,21H2. The Kier molecular flexibility index (Phi) is 6.75. The third-order valence-electron chi connectivity index (χ3n) is 6.35. The minimum atomic E-state index is -0.597. The highest BCUT2D eigenvalue weighted by Gasteiger charge is 2.39. The molecule has 1 atom stereocenters. The molecule has 0 aliphatic carbocycles. The number of hydrogen-bond donors (Lipinski definition) is 0. The SMILES string of the molecule is O=C1C(CCCc2ccccc2)N(C(=O)OCc2ccccc2)CCN1c1cn2ccccc2n1. The summed E-state index contributed by atoms with van der Waals surface area (Å²) in [6.07, 6.45) is 5.48. The number of fused-ring (bicyclic) bond motifs is 1. The first-order chi connectivity index (χ1) is 17.2. The van der Waals surface area contributed by atoms with Crippen LogP contribution in [-0.2, 0) is 22.6 Å². The molecule has 1 saturated heterocycles. The maximum Gasteiger partial charge on any atom is 0.410 e. The van der Waals surface area contributed by atoms with Crippen LogP contribution in [0.3, 0.4) is 0 Å². The minimum absolute atomic E-state index is 0.121. The number of rotatable bonds is 7. The zero-order chi connectivity index (χ0) is 24.0. The normalized spacial score (nSPS) is 16.0. The topological polar surface area (TPSA) is 67.2 Å². The van der Waals surface area contributed by atoms with Gasteiger partial charge in [-0.2, -0.15) is 0 Å². The van der Waals surface area contributed by atoms with Crippen molar-refractivity contribution in [1.82, 2.24) is 14.3 Å². The number of piperazine rings is 1. The first-order valence-corrected chi connectivity index (χ1v) is 12.0. The summed E-state index contributed by atoms with van der Waals surface area (Å²) < 4.78 is 7.49. The zero-order valence-corrected chi connectivity index (χ0v) is 19.5. The summed E-state index contributed by atoms with van der Waals surface area (Å²) in [5.74, 6) is 0.482. The van der Waals surface area contributed by atoms with Gasteiger partial charge in [0, 0.05) is 19.3 Å². The Morgan fingerprint density at radius 3 is 2.37 bits per heavy atom. The van der Waals surface area contributed by atoms with Crippen molar-refractivity contribution < 1.29 is 14.3 Å². The summed E-state index contributed by atoms with van der Waals surface area (Å²) in [4.78, 5) is 34.6. The number of ether oxygens (including phenoxy) is 1. The van der Waals surface area contributed by atoms with Crippen LogP contribution in [0.2, 0.25) is 0 Å². The molecule has 1 aliphatic rings. The Morgan fingerprint density at radius 1 is 0.914 bits per heavy atom. The van der Waals surface area contributed by atoms with Crippen LogP contribution >= 0.6 is 0 Å². The molecule has 5 rings (SSSR count). The van der Waals surface area contributed by atoms with E-state index < -0.39 is 12.1 Å². The lowest BCUT2D eigenvalue weighted by molar-refractivity contribution is -0.125. The van der Waals surface area contributed by atoms with Crippen molar-refractivity contribution >= 4 is 23.5 Å². The number of anilines is 1. The van der Waals surface area contributed by atoms with Crippen molar-refractivity contribution in [3.63, 3.8) is 0 Å². The molecule has 1 aliphatic heterocycles. The molecule has 2 aromatic carbocycles. The first-order valence-electron chi connectivity index (χ1n) is 12.0. The number of nitrogens with zero attached hydrogens (tertiary/aromatic N) is 4. The molecule has 0 bridgehead atoms. The van der Waals surface area contributed by atoms with Gasteiger partial charge in [0.05, 0.1) is 6.20 Å². The Hall–Kier alpha value is -4.13. The number of carbonyl (C=O) groups is 2. The van der Waals surface area contributed by atoms with Crippen molar-refractivity contribution in [2.75, 3.05) is 18.0 Å². The van der Waals surface area contributed by atoms with Crippen LogP contribution in [0.5, 0.6) is 0 Å². The quantitative estimate of drug-likeness (QED) is 0.394. The second-order valence-corrected chi connectivity index (χ2v) is 8.68. The lowest BCUT2D eigenvalue weighted by atomic mass is 10.0. The van der Waals surface area contributed by atoms with E-state index in [0.717, 1.165) is 24.1 Å². The van der Waals surface area contributed by atoms with Crippen LogP contribution < -0.4 is 4.90 Å². The van der Waals surface area contributed by atoms with Gasteiger partial charge in [-0.1, -0.05) is 66.7 Å². The van der Waals surface area contributed by atoms with Gasteiger partial charge in [-0.3, -0.25) is 14.6 Å². The predicted octanol–water partition coefficient (Wildman–Crippen LogP) is 4.71. The number of benzene rings is 2. The van der Waals surface area contributed by atoms with Crippen LogP contribution in [0.15, 0.2) is 91.3 Å². The van der Waals surface area contributed by atoms with Crippen LogP contribution in [0.25, 0.3) is 5.65 Å². The smallest absolute Gasteiger partial charge is 0.410 e. The molecule has 0 spiro atoms. The largest absolute Gasteiger partial charge is 0.445 e. The van der Waals surface area contributed by atoms with Gasteiger partial charge in [0.25, 0.3) is 5.91 Å². The van der Waals surface area contributed by atoms with E-state index in [-0.39, 0.29) is 12.5 Å². The number of imidazole rings is 1. The van der Waals surface area contributed by atoms with E-state index in [1.807, 2.05) is 83.5 Å². The molecule has 178 valence electrons. The molecular formula is C28H28N4O3. The maximum atomic E-state index is 13.7.